The van der Waals surface area contributed by atoms with Gasteiger partial charge < -0.3 is 9.30 Å². The van der Waals surface area contributed by atoms with E-state index < -0.39 is 10.0 Å². The molecular weight excluding hydrogens is 440 g/mol. The molecule has 1 amide bonds. The van der Waals surface area contributed by atoms with E-state index in [0.29, 0.717) is 31.9 Å². The molecular formula is C24H26N4O4S. The highest BCUT2D eigenvalue weighted by molar-refractivity contribution is 7.89. The van der Waals surface area contributed by atoms with E-state index in [2.05, 4.69) is 10.5 Å². The molecule has 0 radical (unpaired) electrons. The molecule has 2 heterocycles. The van der Waals surface area contributed by atoms with Gasteiger partial charge >= 0.3 is 0 Å². The second kappa shape index (κ2) is 9.70. The van der Waals surface area contributed by atoms with Crippen molar-refractivity contribution in [3.8, 4) is 5.69 Å². The second-order valence-corrected chi connectivity index (χ2v) is 9.68. The number of morpholine rings is 1. The lowest BCUT2D eigenvalue weighted by atomic mass is 10.2. The Morgan fingerprint density at radius 3 is 2.48 bits per heavy atom. The van der Waals surface area contributed by atoms with Gasteiger partial charge in [0.15, 0.2) is 0 Å². The normalized spacial score (nSPS) is 15.1. The van der Waals surface area contributed by atoms with Crippen molar-refractivity contribution in [2.45, 2.75) is 18.7 Å². The molecule has 1 aliphatic heterocycles. The monoisotopic (exact) mass is 466 g/mol. The first-order chi connectivity index (χ1) is 15.9. The molecule has 1 fully saturated rings. The predicted molar refractivity (Wildman–Crippen MR) is 126 cm³/mol. The number of carbonyl (C=O) groups excluding carboxylic acids is 1. The van der Waals surface area contributed by atoms with Gasteiger partial charge in [0.1, 0.15) is 0 Å². The summed E-state index contributed by atoms with van der Waals surface area (Å²) in [7, 11) is -3.60. The Labute approximate surface area is 193 Å². The van der Waals surface area contributed by atoms with Crippen LogP contribution in [0.5, 0.6) is 0 Å². The second-order valence-electron chi connectivity index (χ2n) is 7.74. The van der Waals surface area contributed by atoms with Crippen molar-refractivity contribution >= 4 is 22.1 Å². The highest BCUT2D eigenvalue weighted by atomic mass is 32.2. The molecule has 0 atom stereocenters. The van der Waals surface area contributed by atoms with Crippen LogP contribution in [0.25, 0.3) is 5.69 Å². The van der Waals surface area contributed by atoms with Gasteiger partial charge in [-0.05, 0) is 50.2 Å². The number of benzene rings is 2. The van der Waals surface area contributed by atoms with Gasteiger partial charge in [-0.25, -0.2) is 13.8 Å². The van der Waals surface area contributed by atoms with E-state index in [1.54, 1.807) is 48.7 Å². The molecule has 9 heteroatoms. The lowest BCUT2D eigenvalue weighted by molar-refractivity contribution is 0.0730. The standard InChI is InChI=1S/C24H26N4O4S/c1-18-15-21(17-25-26-24(29)20-7-4-3-5-8-20)19(2)28(18)22-9-6-10-23(16-22)33(30,31)27-11-13-32-14-12-27/h3-10,15-17H,11-14H2,1-2H3,(H,26,29)/b25-17+. The van der Waals surface area contributed by atoms with Crippen LogP contribution in [0.4, 0.5) is 0 Å². The summed E-state index contributed by atoms with van der Waals surface area (Å²) in [6, 6.07) is 17.7. The quantitative estimate of drug-likeness (QED) is 0.447. The Morgan fingerprint density at radius 2 is 1.76 bits per heavy atom. The average molecular weight is 467 g/mol. The van der Waals surface area contributed by atoms with Gasteiger partial charge in [-0.1, -0.05) is 24.3 Å². The summed E-state index contributed by atoms with van der Waals surface area (Å²) in [5.74, 6) is -0.290. The van der Waals surface area contributed by atoms with Crippen LogP contribution >= 0.6 is 0 Å². The first kappa shape index (κ1) is 22.9. The van der Waals surface area contributed by atoms with E-state index in [1.165, 1.54) is 4.31 Å². The van der Waals surface area contributed by atoms with Crippen LogP contribution in [0.3, 0.4) is 0 Å². The van der Waals surface area contributed by atoms with Gasteiger partial charge in [0.05, 0.1) is 24.3 Å². The number of amides is 1. The summed E-state index contributed by atoms with van der Waals surface area (Å²) in [4.78, 5) is 12.4. The third-order valence-electron chi connectivity index (χ3n) is 5.56. The molecule has 0 bridgehead atoms. The van der Waals surface area contributed by atoms with Crippen molar-refractivity contribution in [3.63, 3.8) is 0 Å². The SMILES string of the molecule is Cc1cc(/C=N/NC(=O)c2ccccc2)c(C)n1-c1cccc(S(=O)(=O)N2CCOCC2)c1. The van der Waals surface area contributed by atoms with Crippen LogP contribution in [0.15, 0.2) is 70.7 Å². The topological polar surface area (TPSA) is 93.0 Å². The number of aromatic nitrogens is 1. The molecule has 1 aromatic heterocycles. The number of sulfonamides is 1. The zero-order valence-corrected chi connectivity index (χ0v) is 19.4. The highest BCUT2D eigenvalue weighted by Crippen LogP contribution is 2.24. The minimum Gasteiger partial charge on any atom is -0.379 e. The molecule has 0 aliphatic carbocycles. The van der Waals surface area contributed by atoms with Gasteiger partial charge in [0, 0.05) is 41.3 Å². The molecule has 3 aromatic rings. The van der Waals surface area contributed by atoms with Crippen molar-refractivity contribution in [2.24, 2.45) is 5.10 Å². The fourth-order valence-electron chi connectivity index (χ4n) is 3.85. The number of rotatable bonds is 6. The fraction of sp³-hybridized carbons (Fsp3) is 0.250. The number of carbonyl (C=O) groups is 1. The van der Waals surface area contributed by atoms with Gasteiger partial charge in [-0.2, -0.15) is 9.41 Å². The summed E-state index contributed by atoms with van der Waals surface area (Å²) >= 11 is 0. The number of hydrogen-bond acceptors (Lipinski definition) is 5. The van der Waals surface area contributed by atoms with Gasteiger partial charge in [-0.15, -0.1) is 0 Å². The fourth-order valence-corrected chi connectivity index (χ4v) is 5.30. The number of nitrogens with one attached hydrogen (secondary N) is 1. The van der Waals surface area contributed by atoms with E-state index in [-0.39, 0.29) is 10.8 Å². The Balaban J connectivity index is 1.57. The van der Waals surface area contributed by atoms with Crippen LogP contribution in [-0.2, 0) is 14.8 Å². The lowest BCUT2D eigenvalue weighted by Crippen LogP contribution is -2.40. The first-order valence-electron chi connectivity index (χ1n) is 10.6. The Hall–Kier alpha value is -3.27. The van der Waals surface area contributed by atoms with Crippen LogP contribution in [-0.4, -0.2) is 55.7 Å². The molecule has 8 nitrogen and oxygen atoms in total. The van der Waals surface area contributed by atoms with Gasteiger partial charge in [0.25, 0.3) is 5.91 Å². The maximum absolute atomic E-state index is 13.1. The van der Waals surface area contributed by atoms with E-state index in [1.807, 2.05) is 36.6 Å². The number of nitrogens with zero attached hydrogens (tertiary/aromatic N) is 3. The molecule has 0 spiro atoms. The molecule has 33 heavy (non-hydrogen) atoms. The number of hydrogen-bond donors (Lipinski definition) is 1. The summed E-state index contributed by atoms with van der Waals surface area (Å²) in [6.07, 6.45) is 1.59. The summed E-state index contributed by atoms with van der Waals surface area (Å²) in [5.41, 5.74) is 6.43. The molecule has 0 unspecified atom stereocenters. The molecule has 172 valence electrons. The van der Waals surface area contributed by atoms with Crippen molar-refractivity contribution in [2.75, 3.05) is 26.3 Å². The van der Waals surface area contributed by atoms with Crippen LogP contribution in [0, 0.1) is 13.8 Å². The Morgan fingerprint density at radius 1 is 1.03 bits per heavy atom. The Kier molecular flexibility index (Phi) is 6.73. The molecule has 1 aliphatic rings. The molecule has 1 saturated heterocycles. The molecule has 2 aromatic carbocycles. The minimum atomic E-state index is -3.60. The zero-order chi connectivity index (χ0) is 23.4. The third kappa shape index (κ3) is 4.90. The zero-order valence-electron chi connectivity index (χ0n) is 18.6. The van der Waals surface area contributed by atoms with Crippen LogP contribution < -0.4 is 5.43 Å². The number of hydrazone groups is 1. The smallest absolute Gasteiger partial charge is 0.271 e. The van der Waals surface area contributed by atoms with Gasteiger partial charge in [-0.3, -0.25) is 4.79 Å². The largest absolute Gasteiger partial charge is 0.379 e. The van der Waals surface area contributed by atoms with Gasteiger partial charge in [0.2, 0.25) is 10.0 Å². The minimum absolute atomic E-state index is 0.250. The highest BCUT2D eigenvalue weighted by Gasteiger charge is 2.26. The third-order valence-corrected chi connectivity index (χ3v) is 7.45. The lowest BCUT2D eigenvalue weighted by Gasteiger charge is -2.26. The summed E-state index contributed by atoms with van der Waals surface area (Å²) in [5, 5.41) is 4.09. The van der Waals surface area contributed by atoms with Crippen molar-refractivity contribution in [3.05, 3.63) is 83.2 Å². The van der Waals surface area contributed by atoms with E-state index in [9.17, 15) is 13.2 Å². The summed E-state index contributed by atoms with van der Waals surface area (Å²) < 4.78 is 34.8. The summed E-state index contributed by atoms with van der Waals surface area (Å²) in [6.45, 7) is 5.37. The molecule has 0 saturated carbocycles. The first-order valence-corrected chi connectivity index (χ1v) is 12.1. The van der Waals surface area contributed by atoms with E-state index >= 15 is 0 Å². The number of aryl methyl sites for hydroxylation is 1. The predicted octanol–water partition coefficient (Wildman–Crippen LogP) is 2.88. The maximum atomic E-state index is 13.1. The van der Waals surface area contributed by atoms with Crippen molar-refractivity contribution in [1.29, 1.82) is 0 Å². The number of ether oxygens (including phenoxy) is 1. The van der Waals surface area contributed by atoms with Crippen molar-refractivity contribution < 1.29 is 17.9 Å². The van der Waals surface area contributed by atoms with E-state index in [0.717, 1.165) is 22.6 Å². The average Bonchev–Trinajstić information content (AvgIpc) is 3.13. The molecule has 4 rings (SSSR count). The van der Waals surface area contributed by atoms with Crippen LogP contribution in [0.2, 0.25) is 0 Å². The maximum Gasteiger partial charge on any atom is 0.271 e. The molecule has 1 N–H and O–H groups in total. The van der Waals surface area contributed by atoms with Crippen molar-refractivity contribution in [1.82, 2.24) is 14.3 Å². The van der Waals surface area contributed by atoms with E-state index in [4.69, 9.17) is 4.74 Å². The van der Waals surface area contributed by atoms with Crippen LogP contribution in [0.1, 0.15) is 27.3 Å². The Bertz CT molecular complexity index is 1280.